The fraction of sp³-hybridized carbons (Fsp3) is 0.615. The van der Waals surface area contributed by atoms with Gasteiger partial charge in [-0.15, -0.1) is 0 Å². The van der Waals surface area contributed by atoms with E-state index < -0.39 is 0 Å². The molecule has 0 aliphatic carbocycles. The Morgan fingerprint density at radius 3 is 2.65 bits per heavy atom. The van der Waals surface area contributed by atoms with Gasteiger partial charge in [-0.3, -0.25) is 4.79 Å². The van der Waals surface area contributed by atoms with E-state index in [1.54, 1.807) is 6.07 Å². The van der Waals surface area contributed by atoms with E-state index in [1.807, 2.05) is 6.92 Å². The van der Waals surface area contributed by atoms with Crippen LogP contribution in [0.15, 0.2) is 21.4 Å². The van der Waals surface area contributed by atoms with E-state index in [1.165, 1.54) is 12.7 Å². The molecule has 0 aromatic carbocycles. The molecule has 1 N–H and O–H groups in total. The summed E-state index contributed by atoms with van der Waals surface area (Å²) >= 11 is 3.20. The standard InChI is InChI=1S/C13H20BrNO2/c1-9(2)5-4-6-10(3)15-13(16)11-7-8-17-12(11)14/h7-10H,4-6H2,1-3H3,(H,15,16). The van der Waals surface area contributed by atoms with Gasteiger partial charge in [-0.25, -0.2) is 0 Å². The van der Waals surface area contributed by atoms with E-state index in [2.05, 4.69) is 35.1 Å². The lowest BCUT2D eigenvalue weighted by Crippen LogP contribution is -2.32. The van der Waals surface area contributed by atoms with E-state index in [0.717, 1.165) is 18.8 Å². The van der Waals surface area contributed by atoms with Gasteiger partial charge in [0.05, 0.1) is 11.8 Å². The zero-order valence-electron chi connectivity index (χ0n) is 10.6. The summed E-state index contributed by atoms with van der Waals surface area (Å²) in [5, 5.41) is 2.97. The number of amides is 1. The number of halogens is 1. The predicted octanol–water partition coefficient (Wildman–Crippen LogP) is 3.99. The molecule has 0 bridgehead atoms. The maximum Gasteiger partial charge on any atom is 0.255 e. The molecule has 0 aliphatic heterocycles. The van der Waals surface area contributed by atoms with Crippen LogP contribution in [0.1, 0.15) is 50.4 Å². The number of rotatable bonds is 6. The van der Waals surface area contributed by atoms with Gasteiger partial charge in [0.15, 0.2) is 4.67 Å². The molecule has 3 nitrogen and oxygen atoms in total. The average Bonchev–Trinajstić information content (AvgIpc) is 2.63. The van der Waals surface area contributed by atoms with Gasteiger partial charge in [-0.05, 0) is 41.3 Å². The zero-order chi connectivity index (χ0) is 12.8. The molecule has 0 radical (unpaired) electrons. The second kappa shape index (κ2) is 6.84. The highest BCUT2D eigenvalue weighted by Gasteiger charge is 2.14. The van der Waals surface area contributed by atoms with E-state index in [4.69, 9.17) is 4.42 Å². The maximum absolute atomic E-state index is 11.8. The van der Waals surface area contributed by atoms with Gasteiger partial charge in [0.1, 0.15) is 0 Å². The molecule has 17 heavy (non-hydrogen) atoms. The van der Waals surface area contributed by atoms with Crippen molar-refractivity contribution in [1.82, 2.24) is 5.32 Å². The van der Waals surface area contributed by atoms with Crippen molar-refractivity contribution in [2.24, 2.45) is 5.92 Å². The van der Waals surface area contributed by atoms with Crippen LogP contribution in [0, 0.1) is 5.92 Å². The first-order valence-electron chi connectivity index (χ1n) is 6.04. The fourth-order valence-corrected chi connectivity index (χ4v) is 2.08. The first kappa shape index (κ1) is 14.3. The Morgan fingerprint density at radius 1 is 1.41 bits per heavy atom. The van der Waals surface area contributed by atoms with Gasteiger partial charge in [0, 0.05) is 6.04 Å². The van der Waals surface area contributed by atoms with Crippen LogP contribution in [-0.4, -0.2) is 11.9 Å². The van der Waals surface area contributed by atoms with Crippen molar-refractivity contribution in [3.63, 3.8) is 0 Å². The number of carbonyl (C=O) groups is 1. The van der Waals surface area contributed by atoms with E-state index in [9.17, 15) is 4.79 Å². The molecular formula is C13H20BrNO2. The number of hydrogen-bond donors (Lipinski definition) is 1. The third-order valence-electron chi connectivity index (χ3n) is 2.66. The summed E-state index contributed by atoms with van der Waals surface area (Å²) in [6, 6.07) is 1.86. The molecule has 1 rings (SSSR count). The van der Waals surface area contributed by atoms with Gasteiger partial charge < -0.3 is 9.73 Å². The Labute approximate surface area is 111 Å². The highest BCUT2D eigenvalue weighted by atomic mass is 79.9. The monoisotopic (exact) mass is 301 g/mol. The SMILES string of the molecule is CC(C)CCCC(C)NC(=O)c1ccoc1Br. The average molecular weight is 302 g/mol. The summed E-state index contributed by atoms with van der Waals surface area (Å²) in [6.07, 6.45) is 4.86. The normalized spacial score (nSPS) is 12.8. The van der Waals surface area contributed by atoms with Crippen LogP contribution in [0.5, 0.6) is 0 Å². The third-order valence-corrected chi connectivity index (χ3v) is 3.27. The molecule has 1 heterocycles. The first-order chi connectivity index (χ1) is 8.00. The molecule has 96 valence electrons. The zero-order valence-corrected chi connectivity index (χ0v) is 12.2. The van der Waals surface area contributed by atoms with Gasteiger partial charge >= 0.3 is 0 Å². The quantitative estimate of drug-likeness (QED) is 0.863. The highest BCUT2D eigenvalue weighted by molar-refractivity contribution is 9.10. The molecule has 1 unspecified atom stereocenters. The molecule has 0 fully saturated rings. The molecule has 1 atom stereocenters. The molecule has 0 spiro atoms. The van der Waals surface area contributed by atoms with Crippen molar-refractivity contribution in [3.8, 4) is 0 Å². The summed E-state index contributed by atoms with van der Waals surface area (Å²) in [5.74, 6) is 0.642. The summed E-state index contributed by atoms with van der Waals surface area (Å²) < 4.78 is 5.53. The smallest absolute Gasteiger partial charge is 0.255 e. The second-order valence-electron chi connectivity index (χ2n) is 4.81. The summed E-state index contributed by atoms with van der Waals surface area (Å²) in [5.41, 5.74) is 0.556. The lowest BCUT2D eigenvalue weighted by atomic mass is 10.0. The van der Waals surface area contributed by atoms with E-state index in [-0.39, 0.29) is 11.9 Å². The van der Waals surface area contributed by atoms with Crippen molar-refractivity contribution in [3.05, 3.63) is 22.6 Å². The predicted molar refractivity (Wildman–Crippen MR) is 72.0 cm³/mol. The number of hydrogen-bond acceptors (Lipinski definition) is 2. The largest absolute Gasteiger partial charge is 0.457 e. The Balaban J connectivity index is 2.34. The minimum Gasteiger partial charge on any atom is -0.457 e. The molecule has 4 heteroatoms. The number of furan rings is 1. The Kier molecular flexibility index (Phi) is 5.75. The van der Waals surface area contributed by atoms with Crippen LogP contribution < -0.4 is 5.32 Å². The van der Waals surface area contributed by atoms with Crippen molar-refractivity contribution in [2.75, 3.05) is 0 Å². The minimum atomic E-state index is -0.0809. The number of nitrogens with one attached hydrogen (secondary N) is 1. The molecule has 0 saturated carbocycles. The van der Waals surface area contributed by atoms with Crippen LogP contribution in [0.25, 0.3) is 0 Å². The molecule has 1 amide bonds. The van der Waals surface area contributed by atoms with Gasteiger partial charge in [-0.1, -0.05) is 26.7 Å². The van der Waals surface area contributed by atoms with Crippen LogP contribution in [0.3, 0.4) is 0 Å². The van der Waals surface area contributed by atoms with Crippen LogP contribution in [0.2, 0.25) is 0 Å². The third kappa shape index (κ3) is 4.94. The van der Waals surface area contributed by atoms with Crippen molar-refractivity contribution in [2.45, 2.75) is 46.1 Å². The Hall–Kier alpha value is -0.770. The molecule has 1 aromatic heterocycles. The minimum absolute atomic E-state index is 0.0809. The summed E-state index contributed by atoms with van der Waals surface area (Å²) in [4.78, 5) is 11.8. The van der Waals surface area contributed by atoms with Crippen LogP contribution >= 0.6 is 15.9 Å². The summed E-state index contributed by atoms with van der Waals surface area (Å²) in [6.45, 7) is 6.46. The van der Waals surface area contributed by atoms with Crippen LogP contribution in [-0.2, 0) is 0 Å². The topological polar surface area (TPSA) is 42.2 Å². The Morgan fingerprint density at radius 2 is 2.12 bits per heavy atom. The van der Waals surface area contributed by atoms with Crippen molar-refractivity contribution < 1.29 is 9.21 Å². The van der Waals surface area contributed by atoms with Crippen molar-refractivity contribution in [1.29, 1.82) is 0 Å². The van der Waals surface area contributed by atoms with Gasteiger partial charge in [0.2, 0.25) is 0 Å². The molecule has 0 saturated heterocycles. The lowest BCUT2D eigenvalue weighted by molar-refractivity contribution is 0.0936. The second-order valence-corrected chi connectivity index (χ2v) is 5.53. The van der Waals surface area contributed by atoms with Crippen molar-refractivity contribution >= 4 is 21.8 Å². The highest BCUT2D eigenvalue weighted by Crippen LogP contribution is 2.17. The Bertz CT molecular complexity index is 360. The lowest BCUT2D eigenvalue weighted by Gasteiger charge is -2.14. The molecular weight excluding hydrogens is 282 g/mol. The maximum atomic E-state index is 11.8. The summed E-state index contributed by atoms with van der Waals surface area (Å²) in [7, 11) is 0. The molecule has 1 aromatic rings. The number of carbonyl (C=O) groups excluding carboxylic acids is 1. The van der Waals surface area contributed by atoms with E-state index in [0.29, 0.717) is 10.2 Å². The van der Waals surface area contributed by atoms with E-state index >= 15 is 0 Å². The van der Waals surface area contributed by atoms with Gasteiger partial charge in [0.25, 0.3) is 5.91 Å². The fourth-order valence-electron chi connectivity index (χ4n) is 1.66. The van der Waals surface area contributed by atoms with Crippen LogP contribution in [0.4, 0.5) is 0 Å². The van der Waals surface area contributed by atoms with Gasteiger partial charge in [-0.2, -0.15) is 0 Å². The molecule has 0 aliphatic rings. The first-order valence-corrected chi connectivity index (χ1v) is 6.84.